The SMILES string of the molecule is O=C(C1CC1)N(c1nc(-c2ccc(Cl)cc2)cs1)C1CC1. The summed E-state index contributed by atoms with van der Waals surface area (Å²) in [6, 6.07) is 8.03. The van der Waals surface area contributed by atoms with Crippen LogP contribution in [0, 0.1) is 5.92 Å². The van der Waals surface area contributed by atoms with E-state index < -0.39 is 0 Å². The molecule has 4 rings (SSSR count). The lowest BCUT2D eigenvalue weighted by molar-refractivity contribution is -0.119. The molecular formula is C16H15ClN2OS. The van der Waals surface area contributed by atoms with E-state index in [2.05, 4.69) is 4.98 Å². The number of halogens is 1. The molecule has 0 unspecified atom stereocenters. The van der Waals surface area contributed by atoms with Crippen molar-refractivity contribution >= 4 is 34.0 Å². The molecule has 2 saturated carbocycles. The maximum absolute atomic E-state index is 12.5. The zero-order chi connectivity index (χ0) is 14.4. The van der Waals surface area contributed by atoms with Crippen LogP contribution in [0.3, 0.4) is 0 Å². The van der Waals surface area contributed by atoms with E-state index in [1.165, 1.54) is 0 Å². The molecule has 1 aromatic heterocycles. The summed E-state index contributed by atoms with van der Waals surface area (Å²) in [5.41, 5.74) is 1.96. The highest BCUT2D eigenvalue weighted by Gasteiger charge is 2.42. The Bertz CT molecular complexity index is 674. The van der Waals surface area contributed by atoms with Crippen LogP contribution in [0.15, 0.2) is 29.6 Å². The molecule has 0 N–H and O–H groups in total. The summed E-state index contributed by atoms with van der Waals surface area (Å²) in [5.74, 6) is 0.517. The lowest BCUT2D eigenvalue weighted by Crippen LogP contribution is -2.34. The number of rotatable bonds is 4. The molecule has 108 valence electrons. The van der Waals surface area contributed by atoms with Gasteiger partial charge in [0.2, 0.25) is 5.91 Å². The van der Waals surface area contributed by atoms with Crippen molar-refractivity contribution in [2.75, 3.05) is 4.90 Å². The van der Waals surface area contributed by atoms with Gasteiger partial charge in [0.25, 0.3) is 0 Å². The molecule has 0 spiro atoms. The van der Waals surface area contributed by atoms with Gasteiger partial charge in [-0.2, -0.15) is 0 Å². The van der Waals surface area contributed by atoms with Gasteiger partial charge in [-0.1, -0.05) is 23.7 Å². The van der Waals surface area contributed by atoms with Crippen LogP contribution in [0.1, 0.15) is 25.7 Å². The fourth-order valence-electron chi connectivity index (χ4n) is 2.42. The van der Waals surface area contributed by atoms with E-state index in [-0.39, 0.29) is 11.8 Å². The number of thiazole rings is 1. The van der Waals surface area contributed by atoms with E-state index in [9.17, 15) is 4.79 Å². The predicted molar refractivity (Wildman–Crippen MR) is 85.8 cm³/mol. The third-order valence-electron chi connectivity index (χ3n) is 3.91. The van der Waals surface area contributed by atoms with E-state index in [0.717, 1.165) is 47.1 Å². The van der Waals surface area contributed by atoms with Gasteiger partial charge in [-0.05, 0) is 37.8 Å². The molecule has 5 heteroatoms. The summed E-state index contributed by atoms with van der Waals surface area (Å²) in [6.45, 7) is 0. The molecule has 1 aromatic carbocycles. The summed E-state index contributed by atoms with van der Waals surface area (Å²) in [6.07, 6.45) is 4.29. The minimum atomic E-state index is 0.244. The predicted octanol–water partition coefficient (Wildman–Crippen LogP) is 4.37. The standard InChI is InChI=1S/C16H15ClN2OS/c17-12-5-3-10(4-6-12)14-9-21-16(18-14)19(13-7-8-13)15(20)11-1-2-11/h3-6,9,11,13H,1-2,7-8H2. The van der Waals surface area contributed by atoms with Gasteiger partial charge in [0.1, 0.15) is 0 Å². The van der Waals surface area contributed by atoms with Gasteiger partial charge in [-0.25, -0.2) is 4.98 Å². The second-order valence-corrected chi connectivity index (χ2v) is 7.01. The van der Waals surface area contributed by atoms with Crippen LogP contribution >= 0.6 is 22.9 Å². The summed E-state index contributed by atoms with van der Waals surface area (Å²) in [4.78, 5) is 19.1. The average molecular weight is 319 g/mol. The van der Waals surface area contributed by atoms with Crippen molar-refractivity contribution in [3.05, 3.63) is 34.7 Å². The van der Waals surface area contributed by atoms with Crippen molar-refractivity contribution < 1.29 is 4.79 Å². The topological polar surface area (TPSA) is 33.2 Å². The molecule has 2 fully saturated rings. The van der Waals surface area contributed by atoms with E-state index in [1.807, 2.05) is 34.5 Å². The number of benzene rings is 1. The number of hydrogen-bond acceptors (Lipinski definition) is 3. The molecule has 0 radical (unpaired) electrons. The number of nitrogens with zero attached hydrogens (tertiary/aromatic N) is 2. The van der Waals surface area contributed by atoms with Crippen LogP contribution < -0.4 is 4.90 Å². The van der Waals surface area contributed by atoms with Gasteiger partial charge in [0, 0.05) is 27.9 Å². The van der Waals surface area contributed by atoms with Crippen LogP contribution in [0.4, 0.5) is 5.13 Å². The van der Waals surface area contributed by atoms with Crippen molar-refractivity contribution in [3.8, 4) is 11.3 Å². The third-order valence-corrected chi connectivity index (χ3v) is 5.01. The minimum Gasteiger partial charge on any atom is -0.285 e. The van der Waals surface area contributed by atoms with Crippen molar-refractivity contribution in [2.24, 2.45) is 5.92 Å². The Labute approximate surface area is 132 Å². The number of carbonyl (C=O) groups is 1. The first-order valence-electron chi connectivity index (χ1n) is 7.27. The lowest BCUT2D eigenvalue weighted by Gasteiger charge is -2.18. The Kier molecular flexibility index (Phi) is 3.23. The molecule has 0 bridgehead atoms. The van der Waals surface area contributed by atoms with Gasteiger partial charge >= 0.3 is 0 Å². The molecule has 2 aliphatic carbocycles. The Morgan fingerprint density at radius 3 is 2.52 bits per heavy atom. The van der Waals surface area contributed by atoms with Crippen molar-refractivity contribution in [1.82, 2.24) is 4.98 Å². The fourth-order valence-corrected chi connectivity index (χ4v) is 3.45. The van der Waals surface area contributed by atoms with E-state index in [1.54, 1.807) is 11.3 Å². The first kappa shape index (κ1) is 13.3. The van der Waals surface area contributed by atoms with Crippen LogP contribution in [-0.4, -0.2) is 16.9 Å². The van der Waals surface area contributed by atoms with Crippen molar-refractivity contribution in [1.29, 1.82) is 0 Å². The zero-order valence-corrected chi connectivity index (χ0v) is 13.0. The van der Waals surface area contributed by atoms with Gasteiger partial charge in [-0.3, -0.25) is 9.69 Å². The van der Waals surface area contributed by atoms with Gasteiger partial charge in [0.15, 0.2) is 5.13 Å². The molecule has 1 heterocycles. The van der Waals surface area contributed by atoms with Gasteiger partial charge in [0.05, 0.1) is 5.69 Å². The second-order valence-electron chi connectivity index (χ2n) is 5.74. The summed E-state index contributed by atoms with van der Waals surface area (Å²) in [5, 5.41) is 3.59. The zero-order valence-electron chi connectivity index (χ0n) is 11.5. The third kappa shape index (κ3) is 2.70. The Morgan fingerprint density at radius 2 is 1.90 bits per heavy atom. The molecule has 0 saturated heterocycles. The average Bonchev–Trinajstić information content (AvgIpc) is 3.39. The quantitative estimate of drug-likeness (QED) is 0.838. The molecule has 21 heavy (non-hydrogen) atoms. The molecule has 1 amide bonds. The van der Waals surface area contributed by atoms with Crippen LogP contribution in [0.25, 0.3) is 11.3 Å². The molecule has 0 atom stereocenters. The minimum absolute atomic E-state index is 0.244. The molecule has 2 aromatic rings. The maximum atomic E-state index is 12.5. The second kappa shape index (κ2) is 5.11. The molecule has 0 aliphatic heterocycles. The van der Waals surface area contributed by atoms with Crippen LogP contribution in [0.2, 0.25) is 5.02 Å². The normalized spacial score (nSPS) is 17.8. The van der Waals surface area contributed by atoms with Crippen molar-refractivity contribution in [2.45, 2.75) is 31.7 Å². The highest BCUT2D eigenvalue weighted by Crippen LogP contribution is 2.40. The molecular weight excluding hydrogens is 304 g/mol. The smallest absolute Gasteiger partial charge is 0.232 e. The molecule has 3 nitrogen and oxygen atoms in total. The number of carbonyl (C=O) groups excluding carboxylic acids is 1. The van der Waals surface area contributed by atoms with E-state index in [4.69, 9.17) is 11.6 Å². The van der Waals surface area contributed by atoms with Gasteiger partial charge < -0.3 is 0 Å². The Morgan fingerprint density at radius 1 is 1.19 bits per heavy atom. The summed E-state index contributed by atoms with van der Waals surface area (Å²) >= 11 is 7.48. The first-order valence-corrected chi connectivity index (χ1v) is 8.52. The fraction of sp³-hybridized carbons (Fsp3) is 0.375. The summed E-state index contributed by atoms with van der Waals surface area (Å²) < 4.78 is 0. The van der Waals surface area contributed by atoms with E-state index >= 15 is 0 Å². The number of amides is 1. The monoisotopic (exact) mass is 318 g/mol. The highest BCUT2D eigenvalue weighted by atomic mass is 35.5. The maximum Gasteiger partial charge on any atom is 0.232 e. The van der Waals surface area contributed by atoms with Crippen LogP contribution in [-0.2, 0) is 4.79 Å². The summed E-state index contributed by atoms with van der Waals surface area (Å²) in [7, 11) is 0. The largest absolute Gasteiger partial charge is 0.285 e. The molecule has 2 aliphatic rings. The lowest BCUT2D eigenvalue weighted by atomic mass is 10.2. The Balaban J connectivity index is 1.62. The number of aromatic nitrogens is 1. The number of anilines is 1. The van der Waals surface area contributed by atoms with Crippen LogP contribution in [0.5, 0.6) is 0 Å². The number of hydrogen-bond donors (Lipinski definition) is 0. The van der Waals surface area contributed by atoms with Gasteiger partial charge in [-0.15, -0.1) is 11.3 Å². The van der Waals surface area contributed by atoms with E-state index in [0.29, 0.717) is 6.04 Å². The Hall–Kier alpha value is -1.39. The highest BCUT2D eigenvalue weighted by molar-refractivity contribution is 7.14. The first-order chi connectivity index (χ1) is 10.2. The van der Waals surface area contributed by atoms with Crippen molar-refractivity contribution in [3.63, 3.8) is 0 Å².